The number of benzene rings is 1. The topological polar surface area (TPSA) is 12.5 Å². The first-order valence-electron chi connectivity index (χ1n) is 5.85. The van der Waals surface area contributed by atoms with E-state index in [1.54, 1.807) is 12.1 Å². The fourth-order valence-corrected chi connectivity index (χ4v) is 2.70. The zero-order chi connectivity index (χ0) is 13.3. The fraction of sp³-hybridized carbons (Fsp3) is 0.538. The first-order chi connectivity index (χ1) is 8.39. The smallest absolute Gasteiger partial charge is 0.264 e. The molecular formula is C13H16F2INO. The van der Waals surface area contributed by atoms with Crippen LogP contribution in [-0.2, 0) is 4.74 Å². The second-order valence-electron chi connectivity index (χ2n) is 5.04. The molecule has 0 unspecified atom stereocenters. The van der Waals surface area contributed by atoms with Gasteiger partial charge in [-0.1, -0.05) is 0 Å². The first kappa shape index (κ1) is 14.0. The molecule has 1 aliphatic heterocycles. The van der Waals surface area contributed by atoms with E-state index in [0.29, 0.717) is 10.2 Å². The van der Waals surface area contributed by atoms with Crippen LogP contribution in [0.25, 0.3) is 0 Å². The number of rotatable bonds is 2. The molecule has 0 aliphatic carbocycles. The van der Waals surface area contributed by atoms with Gasteiger partial charge in [0.15, 0.2) is 0 Å². The number of hydrogen-bond donors (Lipinski definition) is 0. The number of nitrogens with zero attached hydrogens (tertiary/aromatic N) is 1. The van der Waals surface area contributed by atoms with E-state index >= 15 is 0 Å². The molecule has 2 nitrogen and oxygen atoms in total. The molecule has 0 radical (unpaired) electrons. The van der Waals surface area contributed by atoms with Crippen LogP contribution in [-0.4, -0.2) is 25.3 Å². The van der Waals surface area contributed by atoms with Crippen molar-refractivity contribution in [2.24, 2.45) is 0 Å². The molecule has 100 valence electrons. The van der Waals surface area contributed by atoms with Crippen LogP contribution in [0.3, 0.4) is 0 Å². The van der Waals surface area contributed by atoms with Gasteiger partial charge in [0, 0.05) is 27.9 Å². The SMILES string of the molecule is CC1(C)CN(c2ccc(I)c(C(F)F)c2)CCO1. The summed E-state index contributed by atoms with van der Waals surface area (Å²) in [4.78, 5) is 2.10. The maximum absolute atomic E-state index is 12.9. The second kappa shape index (κ2) is 5.28. The highest BCUT2D eigenvalue weighted by Gasteiger charge is 2.27. The molecule has 0 atom stereocenters. The predicted molar refractivity (Wildman–Crippen MR) is 76.4 cm³/mol. The lowest BCUT2D eigenvalue weighted by molar-refractivity contribution is -0.0277. The zero-order valence-corrected chi connectivity index (χ0v) is 12.6. The van der Waals surface area contributed by atoms with Crippen molar-refractivity contribution in [3.05, 3.63) is 27.3 Å². The molecule has 1 fully saturated rings. The van der Waals surface area contributed by atoms with Crippen LogP contribution < -0.4 is 4.90 Å². The van der Waals surface area contributed by atoms with Gasteiger partial charge in [0.05, 0.1) is 12.2 Å². The Bertz CT molecular complexity index is 437. The van der Waals surface area contributed by atoms with E-state index < -0.39 is 6.43 Å². The van der Waals surface area contributed by atoms with Gasteiger partial charge in [-0.2, -0.15) is 0 Å². The van der Waals surface area contributed by atoms with Gasteiger partial charge in [0.25, 0.3) is 6.43 Å². The molecule has 5 heteroatoms. The fourth-order valence-electron chi connectivity index (χ4n) is 2.13. The Morgan fingerprint density at radius 3 is 2.72 bits per heavy atom. The largest absolute Gasteiger partial charge is 0.372 e. The lowest BCUT2D eigenvalue weighted by Gasteiger charge is -2.39. The molecule has 0 amide bonds. The van der Waals surface area contributed by atoms with Crippen molar-refractivity contribution in [3.8, 4) is 0 Å². The lowest BCUT2D eigenvalue weighted by Crippen LogP contribution is -2.48. The van der Waals surface area contributed by atoms with Gasteiger partial charge < -0.3 is 9.64 Å². The Morgan fingerprint density at radius 2 is 2.11 bits per heavy atom. The van der Waals surface area contributed by atoms with Gasteiger partial charge in [-0.05, 0) is 54.6 Å². The van der Waals surface area contributed by atoms with Gasteiger partial charge in [0.2, 0.25) is 0 Å². The quantitative estimate of drug-likeness (QED) is 0.737. The van der Waals surface area contributed by atoms with Crippen molar-refractivity contribution in [2.75, 3.05) is 24.6 Å². The van der Waals surface area contributed by atoms with Crippen LogP contribution in [0, 0.1) is 3.57 Å². The molecule has 0 bridgehead atoms. The van der Waals surface area contributed by atoms with Crippen LogP contribution in [0.2, 0.25) is 0 Å². The summed E-state index contributed by atoms with van der Waals surface area (Å²) in [6, 6.07) is 5.24. The molecule has 0 aromatic heterocycles. The van der Waals surface area contributed by atoms with E-state index in [1.807, 2.05) is 42.5 Å². The van der Waals surface area contributed by atoms with E-state index in [-0.39, 0.29) is 11.2 Å². The van der Waals surface area contributed by atoms with Crippen LogP contribution in [0.1, 0.15) is 25.8 Å². The standard InChI is InChI=1S/C13H16F2INO/c1-13(2)8-17(5-6-18-13)9-3-4-11(16)10(7-9)12(14)15/h3-4,7,12H,5-6,8H2,1-2H3. The highest BCUT2D eigenvalue weighted by Crippen LogP contribution is 2.30. The first-order valence-corrected chi connectivity index (χ1v) is 6.93. The zero-order valence-electron chi connectivity index (χ0n) is 10.4. The summed E-state index contributed by atoms with van der Waals surface area (Å²) >= 11 is 1.95. The van der Waals surface area contributed by atoms with E-state index in [1.165, 1.54) is 0 Å². The Kier molecular flexibility index (Phi) is 4.11. The van der Waals surface area contributed by atoms with Crippen molar-refractivity contribution in [1.82, 2.24) is 0 Å². The van der Waals surface area contributed by atoms with Crippen molar-refractivity contribution < 1.29 is 13.5 Å². The van der Waals surface area contributed by atoms with Gasteiger partial charge >= 0.3 is 0 Å². The molecule has 1 aliphatic rings. The summed E-state index contributed by atoms with van der Waals surface area (Å²) in [5.74, 6) is 0. The third kappa shape index (κ3) is 3.12. The highest BCUT2D eigenvalue weighted by molar-refractivity contribution is 14.1. The third-order valence-corrected chi connectivity index (χ3v) is 3.99. The molecule has 0 N–H and O–H groups in total. The minimum absolute atomic E-state index is 0.109. The Balaban J connectivity index is 2.25. The number of halogens is 3. The second-order valence-corrected chi connectivity index (χ2v) is 6.20. The molecule has 18 heavy (non-hydrogen) atoms. The number of morpholine rings is 1. The predicted octanol–water partition coefficient (Wildman–Crippen LogP) is 3.84. The summed E-state index contributed by atoms with van der Waals surface area (Å²) in [6.07, 6.45) is -2.43. The van der Waals surface area contributed by atoms with Crippen LogP contribution in [0.5, 0.6) is 0 Å². The van der Waals surface area contributed by atoms with Crippen LogP contribution >= 0.6 is 22.6 Å². The normalized spacial score (nSPS) is 19.3. The Hall–Kier alpha value is -0.430. The maximum Gasteiger partial charge on any atom is 0.264 e. The monoisotopic (exact) mass is 367 g/mol. The molecule has 1 saturated heterocycles. The van der Waals surface area contributed by atoms with E-state index in [2.05, 4.69) is 4.90 Å². The van der Waals surface area contributed by atoms with E-state index in [0.717, 1.165) is 18.8 Å². The van der Waals surface area contributed by atoms with Crippen molar-refractivity contribution in [3.63, 3.8) is 0 Å². The van der Waals surface area contributed by atoms with E-state index in [9.17, 15) is 8.78 Å². The molecule has 0 saturated carbocycles. The summed E-state index contributed by atoms with van der Waals surface area (Å²) in [5, 5.41) is 0. The Morgan fingerprint density at radius 1 is 1.39 bits per heavy atom. The van der Waals surface area contributed by atoms with Crippen molar-refractivity contribution in [1.29, 1.82) is 0 Å². The van der Waals surface area contributed by atoms with Crippen LogP contribution in [0.15, 0.2) is 18.2 Å². The summed E-state index contributed by atoms with van der Waals surface area (Å²) in [5.41, 5.74) is 0.728. The van der Waals surface area contributed by atoms with Crippen molar-refractivity contribution in [2.45, 2.75) is 25.9 Å². The average molecular weight is 367 g/mol. The van der Waals surface area contributed by atoms with Gasteiger partial charge in [0.1, 0.15) is 0 Å². The average Bonchev–Trinajstić information content (AvgIpc) is 2.27. The van der Waals surface area contributed by atoms with Gasteiger partial charge in [-0.15, -0.1) is 0 Å². The molecular weight excluding hydrogens is 351 g/mol. The van der Waals surface area contributed by atoms with Crippen molar-refractivity contribution >= 4 is 28.3 Å². The molecule has 1 heterocycles. The third-order valence-electron chi connectivity index (χ3n) is 3.01. The number of hydrogen-bond acceptors (Lipinski definition) is 2. The summed E-state index contributed by atoms with van der Waals surface area (Å²) < 4.78 is 32.0. The summed E-state index contributed by atoms with van der Waals surface area (Å²) in [6.45, 7) is 6.12. The van der Waals surface area contributed by atoms with Gasteiger partial charge in [-0.3, -0.25) is 0 Å². The van der Waals surface area contributed by atoms with Crippen LogP contribution in [0.4, 0.5) is 14.5 Å². The minimum Gasteiger partial charge on any atom is -0.372 e. The summed E-state index contributed by atoms with van der Waals surface area (Å²) in [7, 11) is 0. The molecule has 1 aromatic rings. The number of ether oxygens (including phenoxy) is 1. The Labute approximate surface area is 119 Å². The molecule has 2 rings (SSSR count). The minimum atomic E-state index is -2.43. The number of alkyl halides is 2. The maximum atomic E-state index is 12.9. The molecule has 0 spiro atoms. The van der Waals surface area contributed by atoms with E-state index in [4.69, 9.17) is 4.74 Å². The molecule has 1 aromatic carbocycles. The van der Waals surface area contributed by atoms with Gasteiger partial charge in [-0.25, -0.2) is 8.78 Å². The highest BCUT2D eigenvalue weighted by atomic mass is 127. The lowest BCUT2D eigenvalue weighted by atomic mass is 10.1. The number of anilines is 1.